The van der Waals surface area contributed by atoms with Crippen LogP contribution in [0.3, 0.4) is 0 Å². The molecule has 0 aromatic heterocycles. The Morgan fingerprint density at radius 3 is 2.56 bits per heavy atom. The van der Waals surface area contributed by atoms with Crippen LogP contribution in [0.5, 0.6) is 5.75 Å². The number of benzene rings is 2. The lowest BCUT2D eigenvalue weighted by Crippen LogP contribution is -2.55. The maximum atomic E-state index is 13.6. The molecule has 2 aliphatic heterocycles. The highest BCUT2D eigenvalue weighted by Gasteiger charge is 2.39. The molecule has 2 aromatic rings. The van der Waals surface area contributed by atoms with E-state index in [0.717, 1.165) is 17.0 Å². The van der Waals surface area contributed by atoms with Crippen LogP contribution < -0.4 is 9.64 Å². The third kappa shape index (κ3) is 5.98. The zero-order chi connectivity index (χ0) is 22.6. The van der Waals surface area contributed by atoms with E-state index in [-0.39, 0.29) is 19.0 Å². The highest BCUT2D eigenvalue weighted by Crippen LogP contribution is 2.28. The van der Waals surface area contributed by atoms with Gasteiger partial charge in [-0.05, 0) is 55.7 Å². The monoisotopic (exact) mass is 444 g/mol. The molecule has 32 heavy (non-hydrogen) atoms. The summed E-state index contributed by atoms with van der Waals surface area (Å²) in [5.74, 6) is 0.470. The van der Waals surface area contributed by atoms with Crippen molar-refractivity contribution in [1.29, 1.82) is 0 Å². The summed E-state index contributed by atoms with van der Waals surface area (Å²) in [5, 5.41) is 22.4. The molecule has 1 atom stereocenters. The molecule has 2 N–H and O–H groups in total. The van der Waals surface area contributed by atoms with Gasteiger partial charge in [0.2, 0.25) is 0 Å². The lowest BCUT2D eigenvalue weighted by atomic mass is 9.90. The summed E-state index contributed by atoms with van der Waals surface area (Å²) in [4.78, 5) is 4.18. The summed E-state index contributed by atoms with van der Waals surface area (Å²) >= 11 is 0. The Hall–Kier alpha value is -2.19. The van der Waals surface area contributed by atoms with Crippen LogP contribution in [0.2, 0.25) is 0 Å². The van der Waals surface area contributed by atoms with Gasteiger partial charge in [0.15, 0.2) is 0 Å². The molecule has 2 saturated heterocycles. The van der Waals surface area contributed by atoms with Crippen LogP contribution in [0, 0.1) is 12.7 Å². The van der Waals surface area contributed by atoms with Crippen molar-refractivity contribution in [2.24, 2.45) is 0 Å². The first kappa shape index (κ1) is 23.0. The van der Waals surface area contributed by atoms with Gasteiger partial charge in [0.1, 0.15) is 23.8 Å². The fourth-order valence-corrected chi connectivity index (χ4v) is 4.57. The van der Waals surface area contributed by atoms with E-state index in [1.165, 1.54) is 12.1 Å². The summed E-state index contributed by atoms with van der Waals surface area (Å²) in [5.41, 5.74) is -0.0661. The van der Waals surface area contributed by atoms with Crippen LogP contribution in [0.4, 0.5) is 10.1 Å². The second-order valence-corrected chi connectivity index (χ2v) is 9.28. The van der Waals surface area contributed by atoms with Gasteiger partial charge in [-0.15, -0.1) is 0 Å². The number of hydrogen-bond donors (Lipinski definition) is 2. The van der Waals surface area contributed by atoms with E-state index in [4.69, 9.17) is 9.47 Å². The molecular formula is C25H33FN2O4. The molecule has 0 bridgehead atoms. The van der Waals surface area contributed by atoms with Crippen molar-refractivity contribution in [1.82, 2.24) is 4.90 Å². The van der Waals surface area contributed by atoms with Crippen molar-refractivity contribution in [3.05, 3.63) is 59.9 Å². The van der Waals surface area contributed by atoms with Crippen LogP contribution in [-0.2, 0) is 4.74 Å². The summed E-state index contributed by atoms with van der Waals surface area (Å²) in [7, 11) is 0. The van der Waals surface area contributed by atoms with Gasteiger partial charge in [-0.2, -0.15) is 0 Å². The fraction of sp³-hybridized carbons (Fsp3) is 0.520. The van der Waals surface area contributed by atoms with E-state index >= 15 is 0 Å². The molecule has 2 heterocycles. The van der Waals surface area contributed by atoms with Crippen molar-refractivity contribution in [3.8, 4) is 5.75 Å². The summed E-state index contributed by atoms with van der Waals surface area (Å²) in [6.07, 6.45) is 1.16. The first-order valence-corrected chi connectivity index (χ1v) is 11.3. The Balaban J connectivity index is 1.33. The number of nitrogens with zero attached hydrogens (tertiary/aromatic N) is 2. The maximum absolute atomic E-state index is 13.6. The molecule has 7 heteroatoms. The van der Waals surface area contributed by atoms with Gasteiger partial charge in [-0.1, -0.05) is 18.2 Å². The number of rotatable bonds is 6. The standard InChI is InChI=1S/C25H33FN2O4/c1-20-4-2-7-23(14-20)32-19-25(30)17-27(12-13-31-18-25)16-24(29)8-10-28(11-9-24)22-6-3-5-21(26)15-22/h2-7,14-15,29-30H,8-13,16-19H2,1H3/t25-/m1/s1. The number of aliphatic hydroxyl groups is 2. The second kappa shape index (κ2) is 9.75. The van der Waals surface area contributed by atoms with E-state index in [0.29, 0.717) is 52.2 Å². The smallest absolute Gasteiger partial charge is 0.134 e. The molecule has 2 aromatic carbocycles. The molecule has 2 fully saturated rings. The van der Waals surface area contributed by atoms with E-state index < -0.39 is 11.2 Å². The van der Waals surface area contributed by atoms with Crippen molar-refractivity contribution in [2.45, 2.75) is 31.0 Å². The summed E-state index contributed by atoms with van der Waals surface area (Å²) < 4.78 is 25.1. The topological polar surface area (TPSA) is 65.4 Å². The molecule has 6 nitrogen and oxygen atoms in total. The Bertz CT molecular complexity index is 903. The molecule has 2 aliphatic rings. The molecule has 0 aliphatic carbocycles. The van der Waals surface area contributed by atoms with Crippen molar-refractivity contribution >= 4 is 5.69 Å². The van der Waals surface area contributed by atoms with E-state index in [2.05, 4.69) is 9.80 Å². The zero-order valence-corrected chi connectivity index (χ0v) is 18.7. The van der Waals surface area contributed by atoms with Gasteiger partial charge in [0, 0.05) is 38.4 Å². The van der Waals surface area contributed by atoms with Gasteiger partial charge in [-0.3, -0.25) is 4.90 Å². The number of ether oxygens (including phenoxy) is 2. The van der Waals surface area contributed by atoms with Crippen LogP contribution in [0.25, 0.3) is 0 Å². The predicted molar refractivity (Wildman–Crippen MR) is 122 cm³/mol. The largest absolute Gasteiger partial charge is 0.490 e. The number of halogens is 1. The maximum Gasteiger partial charge on any atom is 0.134 e. The Morgan fingerprint density at radius 2 is 1.81 bits per heavy atom. The molecule has 4 rings (SSSR count). The van der Waals surface area contributed by atoms with Gasteiger partial charge >= 0.3 is 0 Å². The number of aryl methyl sites for hydroxylation is 1. The number of anilines is 1. The first-order valence-electron chi connectivity index (χ1n) is 11.3. The van der Waals surface area contributed by atoms with Gasteiger partial charge in [0.05, 0.1) is 18.8 Å². The average molecular weight is 445 g/mol. The Kier molecular flexibility index (Phi) is 7.00. The summed E-state index contributed by atoms with van der Waals surface area (Å²) in [6, 6.07) is 14.3. The Labute approximate surface area is 189 Å². The van der Waals surface area contributed by atoms with Crippen LogP contribution in [-0.4, -0.2) is 78.9 Å². The van der Waals surface area contributed by atoms with E-state index in [9.17, 15) is 14.6 Å². The van der Waals surface area contributed by atoms with E-state index in [1.54, 1.807) is 6.07 Å². The van der Waals surface area contributed by atoms with Crippen LogP contribution >= 0.6 is 0 Å². The number of β-amino-alcohol motifs (C(OH)–C–C–N with tert-alkyl or cyclic N) is 2. The van der Waals surface area contributed by atoms with Crippen LogP contribution in [0.15, 0.2) is 48.5 Å². The number of hydrogen-bond acceptors (Lipinski definition) is 6. The highest BCUT2D eigenvalue weighted by atomic mass is 19.1. The molecule has 0 amide bonds. The normalized spacial score (nSPS) is 24.2. The van der Waals surface area contributed by atoms with Gasteiger partial charge < -0.3 is 24.6 Å². The van der Waals surface area contributed by atoms with Crippen LogP contribution in [0.1, 0.15) is 18.4 Å². The lowest BCUT2D eigenvalue weighted by Gasteiger charge is -2.42. The van der Waals surface area contributed by atoms with Gasteiger partial charge in [0.25, 0.3) is 0 Å². The molecule has 174 valence electrons. The van der Waals surface area contributed by atoms with Crippen molar-refractivity contribution in [2.75, 3.05) is 57.4 Å². The minimum Gasteiger partial charge on any atom is -0.490 e. The van der Waals surface area contributed by atoms with Gasteiger partial charge in [-0.25, -0.2) is 4.39 Å². The second-order valence-electron chi connectivity index (χ2n) is 9.28. The molecule has 0 radical (unpaired) electrons. The lowest BCUT2D eigenvalue weighted by molar-refractivity contribution is -0.0742. The van der Waals surface area contributed by atoms with Crippen molar-refractivity contribution < 1.29 is 24.1 Å². The third-order valence-corrected chi connectivity index (χ3v) is 6.32. The SMILES string of the molecule is Cc1cccc(OC[C@]2(O)COCCN(CC3(O)CCN(c4cccc(F)c4)CC3)C2)c1. The molecule has 0 spiro atoms. The minimum atomic E-state index is -1.15. The summed E-state index contributed by atoms with van der Waals surface area (Å²) in [6.45, 7) is 5.60. The van der Waals surface area contributed by atoms with E-state index in [1.807, 2.05) is 37.3 Å². The molecular weight excluding hydrogens is 411 g/mol. The fourth-order valence-electron chi connectivity index (χ4n) is 4.57. The average Bonchev–Trinajstić information content (AvgIpc) is 2.94. The quantitative estimate of drug-likeness (QED) is 0.714. The zero-order valence-electron chi connectivity index (χ0n) is 18.7. The predicted octanol–water partition coefficient (Wildman–Crippen LogP) is 2.61. The first-order chi connectivity index (χ1) is 15.3. The van der Waals surface area contributed by atoms with Crippen molar-refractivity contribution in [3.63, 3.8) is 0 Å². The Morgan fingerprint density at radius 1 is 1.03 bits per heavy atom. The third-order valence-electron chi connectivity index (χ3n) is 6.32. The highest BCUT2D eigenvalue weighted by molar-refractivity contribution is 5.47. The molecule has 0 saturated carbocycles. The number of piperidine rings is 1. The minimum absolute atomic E-state index is 0.124. The molecule has 0 unspecified atom stereocenters.